The van der Waals surface area contributed by atoms with Crippen molar-refractivity contribution in [1.29, 1.82) is 0 Å². The second-order valence-electron chi connectivity index (χ2n) is 5.20. The van der Waals surface area contributed by atoms with E-state index < -0.39 is 0 Å². The van der Waals surface area contributed by atoms with Crippen LogP contribution in [0.5, 0.6) is 5.88 Å². The molecule has 2 rings (SSSR count). The molecule has 2 heterocycles. The highest BCUT2D eigenvalue weighted by molar-refractivity contribution is 5.80. The molecule has 4 nitrogen and oxygen atoms in total. The van der Waals surface area contributed by atoms with Crippen molar-refractivity contribution in [2.45, 2.75) is 32.7 Å². The van der Waals surface area contributed by atoms with Crippen molar-refractivity contribution in [2.24, 2.45) is 5.73 Å². The minimum atomic E-state index is -0.211. The Morgan fingerprint density at radius 1 is 1.28 bits per heavy atom. The second-order valence-corrected chi connectivity index (χ2v) is 5.20. The van der Waals surface area contributed by atoms with Crippen LogP contribution < -0.4 is 10.5 Å². The molecule has 0 aliphatic heterocycles. The summed E-state index contributed by atoms with van der Waals surface area (Å²) in [5, 5.41) is 1.06. The minimum Gasteiger partial charge on any atom is -0.478 e. The van der Waals surface area contributed by atoms with Crippen molar-refractivity contribution >= 4 is 10.9 Å². The summed E-state index contributed by atoms with van der Waals surface area (Å²) in [7, 11) is 0. The lowest BCUT2D eigenvalue weighted by Crippen LogP contribution is -2.33. The summed E-state index contributed by atoms with van der Waals surface area (Å²) in [5.41, 5.74) is 7.58. The molecule has 0 saturated carbocycles. The van der Waals surface area contributed by atoms with Crippen LogP contribution in [0.4, 0.5) is 0 Å². The van der Waals surface area contributed by atoms with Crippen LogP contribution in [0.1, 0.15) is 26.0 Å². The molecular formula is C14H19N3O. The number of aromatic nitrogens is 2. The van der Waals surface area contributed by atoms with Crippen LogP contribution in [0.25, 0.3) is 10.9 Å². The fourth-order valence-electron chi connectivity index (χ4n) is 1.68. The first kappa shape index (κ1) is 12.8. The van der Waals surface area contributed by atoms with Crippen molar-refractivity contribution in [3.63, 3.8) is 0 Å². The van der Waals surface area contributed by atoms with E-state index in [1.54, 1.807) is 6.20 Å². The monoisotopic (exact) mass is 245 g/mol. The Hall–Kier alpha value is -1.68. The lowest BCUT2D eigenvalue weighted by atomic mass is 10.0. The van der Waals surface area contributed by atoms with Gasteiger partial charge in [0.15, 0.2) is 0 Å². The molecule has 0 aliphatic carbocycles. The molecule has 0 bridgehead atoms. The fourth-order valence-corrected chi connectivity index (χ4v) is 1.68. The van der Waals surface area contributed by atoms with Gasteiger partial charge in [0.1, 0.15) is 0 Å². The third-order valence-electron chi connectivity index (χ3n) is 2.79. The summed E-state index contributed by atoms with van der Waals surface area (Å²) in [6.07, 6.45) is 2.56. The van der Waals surface area contributed by atoms with E-state index in [2.05, 4.69) is 9.97 Å². The van der Waals surface area contributed by atoms with Crippen molar-refractivity contribution in [1.82, 2.24) is 9.97 Å². The van der Waals surface area contributed by atoms with Crippen LogP contribution in [0.2, 0.25) is 0 Å². The van der Waals surface area contributed by atoms with Gasteiger partial charge in [-0.3, -0.25) is 4.98 Å². The zero-order valence-corrected chi connectivity index (χ0v) is 11.1. The van der Waals surface area contributed by atoms with Gasteiger partial charge in [-0.25, -0.2) is 4.98 Å². The summed E-state index contributed by atoms with van der Waals surface area (Å²) >= 11 is 0. The van der Waals surface area contributed by atoms with Gasteiger partial charge in [-0.2, -0.15) is 0 Å². The summed E-state index contributed by atoms with van der Waals surface area (Å²) in [5.74, 6) is 0.636. The summed E-state index contributed by atoms with van der Waals surface area (Å²) < 4.78 is 5.62. The number of fused-ring (bicyclic) bond motifs is 1. The van der Waals surface area contributed by atoms with Crippen molar-refractivity contribution in [2.75, 3.05) is 6.61 Å². The molecule has 2 aromatic heterocycles. The van der Waals surface area contributed by atoms with Crippen molar-refractivity contribution < 1.29 is 4.74 Å². The summed E-state index contributed by atoms with van der Waals surface area (Å²) in [6, 6.07) is 5.76. The smallest absolute Gasteiger partial charge is 0.213 e. The minimum absolute atomic E-state index is 0.211. The van der Waals surface area contributed by atoms with E-state index >= 15 is 0 Å². The van der Waals surface area contributed by atoms with Gasteiger partial charge in [-0.15, -0.1) is 0 Å². The highest BCUT2D eigenvalue weighted by Gasteiger charge is 2.10. The van der Waals surface area contributed by atoms with E-state index in [1.165, 1.54) is 0 Å². The largest absolute Gasteiger partial charge is 0.478 e. The molecule has 2 aromatic rings. The molecule has 0 amide bonds. The molecular weight excluding hydrogens is 226 g/mol. The van der Waals surface area contributed by atoms with Crippen LogP contribution >= 0.6 is 0 Å². The van der Waals surface area contributed by atoms with Crippen LogP contribution in [0.15, 0.2) is 24.4 Å². The highest BCUT2D eigenvalue weighted by atomic mass is 16.5. The SMILES string of the molecule is Cc1nccc2nc(OCCC(C)(C)N)ccc12. The molecule has 0 atom stereocenters. The molecule has 0 aliphatic rings. The average Bonchev–Trinajstić information content (AvgIpc) is 2.27. The topological polar surface area (TPSA) is 61.0 Å². The number of pyridine rings is 2. The first-order valence-electron chi connectivity index (χ1n) is 6.10. The van der Waals surface area contributed by atoms with Crippen LogP contribution in [0.3, 0.4) is 0 Å². The average molecular weight is 245 g/mol. The molecule has 0 radical (unpaired) electrons. The van der Waals surface area contributed by atoms with E-state index in [9.17, 15) is 0 Å². The predicted octanol–water partition coefficient (Wildman–Crippen LogP) is 2.44. The Balaban J connectivity index is 2.11. The first-order valence-corrected chi connectivity index (χ1v) is 6.10. The van der Waals surface area contributed by atoms with Crippen LogP contribution in [-0.2, 0) is 0 Å². The lowest BCUT2D eigenvalue weighted by Gasteiger charge is -2.18. The van der Waals surface area contributed by atoms with Gasteiger partial charge in [0, 0.05) is 28.9 Å². The van der Waals surface area contributed by atoms with Gasteiger partial charge in [-0.05, 0) is 39.3 Å². The first-order chi connectivity index (χ1) is 8.46. The van der Waals surface area contributed by atoms with E-state index in [1.807, 2.05) is 39.0 Å². The number of nitrogens with two attached hydrogens (primary N) is 1. The van der Waals surface area contributed by atoms with Crippen molar-refractivity contribution in [3.05, 3.63) is 30.1 Å². The number of hydrogen-bond acceptors (Lipinski definition) is 4. The fraction of sp³-hybridized carbons (Fsp3) is 0.429. The van der Waals surface area contributed by atoms with E-state index in [4.69, 9.17) is 10.5 Å². The number of aryl methyl sites for hydroxylation is 1. The molecule has 0 spiro atoms. The number of rotatable bonds is 4. The molecule has 0 aromatic carbocycles. The maximum absolute atomic E-state index is 5.90. The van der Waals surface area contributed by atoms with Crippen LogP contribution in [-0.4, -0.2) is 22.1 Å². The third kappa shape index (κ3) is 3.17. The van der Waals surface area contributed by atoms with Gasteiger partial charge >= 0.3 is 0 Å². The van der Waals surface area contributed by atoms with Gasteiger partial charge in [0.2, 0.25) is 5.88 Å². The Labute approximate surface area is 107 Å². The Morgan fingerprint density at radius 2 is 2.06 bits per heavy atom. The maximum Gasteiger partial charge on any atom is 0.213 e. The predicted molar refractivity (Wildman–Crippen MR) is 72.7 cm³/mol. The Kier molecular flexibility index (Phi) is 3.48. The Morgan fingerprint density at radius 3 is 2.78 bits per heavy atom. The Bertz CT molecular complexity index is 546. The third-order valence-corrected chi connectivity index (χ3v) is 2.79. The molecule has 2 N–H and O–H groups in total. The molecule has 0 saturated heterocycles. The van der Waals surface area contributed by atoms with Gasteiger partial charge in [0.05, 0.1) is 12.1 Å². The zero-order chi connectivity index (χ0) is 13.2. The van der Waals surface area contributed by atoms with E-state index in [0.29, 0.717) is 12.5 Å². The lowest BCUT2D eigenvalue weighted by molar-refractivity contribution is 0.266. The van der Waals surface area contributed by atoms with Gasteiger partial charge in [-0.1, -0.05) is 0 Å². The highest BCUT2D eigenvalue weighted by Crippen LogP contribution is 2.18. The number of nitrogens with zero attached hydrogens (tertiary/aromatic N) is 2. The summed E-state index contributed by atoms with van der Waals surface area (Å²) in [6.45, 7) is 6.52. The van der Waals surface area contributed by atoms with E-state index in [-0.39, 0.29) is 5.54 Å². The summed E-state index contributed by atoms with van der Waals surface area (Å²) in [4.78, 5) is 8.69. The van der Waals surface area contributed by atoms with Crippen molar-refractivity contribution in [3.8, 4) is 5.88 Å². The maximum atomic E-state index is 5.90. The number of ether oxygens (including phenoxy) is 1. The van der Waals surface area contributed by atoms with Gasteiger partial charge < -0.3 is 10.5 Å². The second kappa shape index (κ2) is 4.90. The molecule has 18 heavy (non-hydrogen) atoms. The van der Waals surface area contributed by atoms with Crippen LogP contribution in [0, 0.1) is 6.92 Å². The molecule has 0 fully saturated rings. The molecule has 0 unspecified atom stereocenters. The normalized spacial score (nSPS) is 11.8. The standard InChI is InChI=1S/C14H19N3O/c1-10-11-4-5-13(17-12(11)6-8-16-10)18-9-7-14(2,3)15/h4-6,8H,7,9,15H2,1-3H3. The quantitative estimate of drug-likeness (QED) is 0.898. The number of hydrogen-bond donors (Lipinski definition) is 1. The zero-order valence-electron chi connectivity index (χ0n) is 11.1. The molecule has 4 heteroatoms. The van der Waals surface area contributed by atoms with E-state index in [0.717, 1.165) is 23.0 Å². The van der Waals surface area contributed by atoms with Gasteiger partial charge in [0.25, 0.3) is 0 Å². The molecule has 96 valence electrons.